The van der Waals surface area contributed by atoms with Crippen LogP contribution in [-0.4, -0.2) is 75.8 Å². The number of carbonyl (C=O) groups is 1. The molecule has 0 radical (unpaired) electrons. The number of hydrogen-bond acceptors (Lipinski definition) is 6. The second-order valence-corrected chi connectivity index (χ2v) is 12.0. The van der Waals surface area contributed by atoms with Crippen LogP contribution in [0.5, 0.6) is 0 Å². The van der Waals surface area contributed by atoms with Crippen LogP contribution < -0.4 is 0 Å². The number of aromatic nitrogens is 3. The second kappa shape index (κ2) is 11.6. The maximum Gasteiger partial charge on any atom is 0.416 e. The molecule has 39 heavy (non-hydrogen) atoms. The van der Waals surface area contributed by atoms with Gasteiger partial charge in [-0.15, -0.1) is 17.5 Å². The third-order valence-electron chi connectivity index (χ3n) is 7.39. The lowest BCUT2D eigenvalue weighted by Gasteiger charge is -2.50. The summed E-state index contributed by atoms with van der Waals surface area (Å²) in [5.74, 6) is -3.32. The van der Waals surface area contributed by atoms with Gasteiger partial charge in [-0.25, -0.2) is 22.2 Å². The Morgan fingerprint density at radius 1 is 1.08 bits per heavy atom. The van der Waals surface area contributed by atoms with Crippen molar-refractivity contribution in [3.8, 4) is 0 Å². The Balaban J connectivity index is 0.00000420. The lowest BCUT2D eigenvalue weighted by atomic mass is 9.74. The minimum absolute atomic E-state index is 0. The van der Waals surface area contributed by atoms with E-state index >= 15 is 0 Å². The first kappa shape index (κ1) is 31.7. The third kappa shape index (κ3) is 6.89. The average Bonchev–Trinajstić information content (AvgIpc) is 3.30. The summed E-state index contributed by atoms with van der Waals surface area (Å²) in [5, 5.41) is 3.22. The minimum atomic E-state index is -4.61. The summed E-state index contributed by atoms with van der Waals surface area (Å²) < 4.78 is 95.3. The Morgan fingerprint density at radius 2 is 1.69 bits per heavy atom. The number of piperazine rings is 1. The van der Waals surface area contributed by atoms with Crippen molar-refractivity contribution in [3.63, 3.8) is 0 Å². The summed E-state index contributed by atoms with van der Waals surface area (Å²) in [7, 11) is -2.37. The Labute approximate surface area is 234 Å². The quantitative estimate of drug-likeness (QED) is 0.326. The van der Waals surface area contributed by atoms with Gasteiger partial charge in [0, 0.05) is 63.6 Å². The van der Waals surface area contributed by atoms with Crippen molar-refractivity contribution in [2.24, 2.45) is 7.05 Å². The summed E-state index contributed by atoms with van der Waals surface area (Å²) in [4.78, 5) is 18.7. The fourth-order valence-corrected chi connectivity index (χ4v) is 6.73. The van der Waals surface area contributed by atoms with Gasteiger partial charge in [-0.05, 0) is 37.5 Å². The number of benzene rings is 1. The predicted molar refractivity (Wildman–Crippen MR) is 135 cm³/mol. The number of alkyl halides is 5. The molecule has 1 saturated carbocycles. The monoisotopic (exact) mass is 619 g/mol. The Morgan fingerprint density at radius 3 is 2.21 bits per heavy atom. The van der Waals surface area contributed by atoms with Gasteiger partial charge in [-0.1, -0.05) is 11.6 Å². The zero-order valence-electron chi connectivity index (χ0n) is 20.9. The van der Waals surface area contributed by atoms with E-state index in [1.54, 1.807) is 7.05 Å². The lowest BCUT2D eigenvalue weighted by molar-refractivity contribution is -0.137. The van der Waals surface area contributed by atoms with Crippen molar-refractivity contribution in [3.05, 3.63) is 40.7 Å². The zero-order chi connectivity index (χ0) is 27.9. The highest BCUT2D eigenvalue weighted by Crippen LogP contribution is 2.45. The van der Waals surface area contributed by atoms with Gasteiger partial charge in [0.1, 0.15) is 6.33 Å². The first-order chi connectivity index (χ1) is 17.6. The van der Waals surface area contributed by atoms with Crippen LogP contribution in [0.2, 0.25) is 5.02 Å². The van der Waals surface area contributed by atoms with Crippen LogP contribution in [0.1, 0.15) is 54.4 Å². The molecule has 16 heteroatoms. The van der Waals surface area contributed by atoms with E-state index in [0.29, 0.717) is 6.07 Å². The van der Waals surface area contributed by atoms with Crippen LogP contribution in [0.25, 0.3) is 0 Å². The van der Waals surface area contributed by atoms with Gasteiger partial charge in [-0.2, -0.15) is 17.5 Å². The molecule has 0 bridgehead atoms. The fraction of sp³-hybridized carbons (Fsp3) is 0.609. The molecule has 2 fully saturated rings. The molecular formula is C23H28Cl2F5N5O3S. The SMILES string of the molecule is Cl.Cn1cnc(S(=O)(=O)N2CCN(C3(CCC(=O)c4ccc(C(F)(F)F)cc4Cl)CCC(F)(F)CC3)CC2)n1. The average molecular weight is 620 g/mol. The first-order valence-corrected chi connectivity index (χ1v) is 13.8. The first-order valence-electron chi connectivity index (χ1n) is 12.0. The molecule has 8 nitrogen and oxygen atoms in total. The van der Waals surface area contributed by atoms with Crippen molar-refractivity contribution in [2.75, 3.05) is 26.2 Å². The van der Waals surface area contributed by atoms with E-state index in [1.807, 2.05) is 4.90 Å². The molecule has 1 aliphatic carbocycles. The predicted octanol–water partition coefficient (Wildman–Crippen LogP) is 4.83. The minimum Gasteiger partial charge on any atom is -0.295 e. The van der Waals surface area contributed by atoms with Crippen molar-refractivity contribution < 1.29 is 35.2 Å². The van der Waals surface area contributed by atoms with Gasteiger partial charge in [0.15, 0.2) is 5.78 Å². The molecule has 1 aliphatic heterocycles. The molecule has 2 aliphatic rings. The van der Waals surface area contributed by atoms with Crippen LogP contribution in [0.3, 0.4) is 0 Å². The van der Waals surface area contributed by atoms with E-state index in [2.05, 4.69) is 10.1 Å². The molecule has 0 amide bonds. The number of sulfonamides is 1. The van der Waals surface area contributed by atoms with Crippen LogP contribution in [0, 0.1) is 0 Å². The molecule has 1 aromatic heterocycles. The molecule has 1 saturated heterocycles. The van der Waals surface area contributed by atoms with Gasteiger partial charge >= 0.3 is 6.18 Å². The van der Waals surface area contributed by atoms with E-state index in [9.17, 15) is 35.2 Å². The molecule has 2 heterocycles. The van der Waals surface area contributed by atoms with Crippen molar-refractivity contribution in [2.45, 2.75) is 61.3 Å². The topological polar surface area (TPSA) is 88.4 Å². The van der Waals surface area contributed by atoms with E-state index in [1.165, 1.54) is 15.3 Å². The number of ketones is 1. The van der Waals surface area contributed by atoms with E-state index in [-0.39, 0.29) is 92.9 Å². The maximum absolute atomic E-state index is 14.1. The van der Waals surface area contributed by atoms with Crippen molar-refractivity contribution >= 4 is 39.8 Å². The number of Topliss-reactive ketones (excluding diaryl/α,β-unsaturated/α-hetero) is 1. The molecular weight excluding hydrogens is 592 g/mol. The summed E-state index contributed by atoms with van der Waals surface area (Å²) in [6, 6.07) is 2.51. The summed E-state index contributed by atoms with van der Waals surface area (Å²) in [6.07, 6.45) is -3.80. The number of rotatable bonds is 7. The lowest BCUT2D eigenvalue weighted by Crippen LogP contribution is -2.59. The standard InChI is InChI=1S/C23H27ClF5N5O3S.ClH/c1-32-15-30-20(31-32)38(36,37)34-12-10-33(11-13-34)21(6-8-22(25,26)9-7-21)5-4-19(35)17-3-2-16(14-18(17)24)23(27,28)29;/h2-3,14-15H,4-13H2,1H3;1H. The molecule has 4 rings (SSSR count). The Bertz CT molecular complexity index is 1290. The van der Waals surface area contributed by atoms with E-state index in [0.717, 1.165) is 12.1 Å². The van der Waals surface area contributed by atoms with E-state index < -0.39 is 39.0 Å². The van der Waals surface area contributed by atoms with Crippen LogP contribution in [0.15, 0.2) is 29.7 Å². The van der Waals surface area contributed by atoms with E-state index in [4.69, 9.17) is 11.6 Å². The highest BCUT2D eigenvalue weighted by Gasteiger charge is 2.48. The maximum atomic E-state index is 14.1. The number of carbonyl (C=O) groups excluding carboxylic acids is 1. The Hall–Kier alpha value is -1.87. The Kier molecular flexibility index (Phi) is 9.38. The third-order valence-corrected chi connectivity index (χ3v) is 9.39. The van der Waals surface area contributed by atoms with Crippen LogP contribution in [0.4, 0.5) is 22.0 Å². The molecule has 218 valence electrons. The van der Waals surface area contributed by atoms with Crippen molar-refractivity contribution in [1.29, 1.82) is 0 Å². The number of aryl methyl sites for hydroxylation is 1. The van der Waals surface area contributed by atoms with Gasteiger partial charge in [-0.3, -0.25) is 14.4 Å². The van der Waals surface area contributed by atoms with Crippen molar-refractivity contribution in [1.82, 2.24) is 24.0 Å². The summed E-state index contributed by atoms with van der Waals surface area (Å²) in [6.45, 7) is 0.703. The zero-order valence-corrected chi connectivity index (χ0v) is 23.3. The fourth-order valence-electron chi connectivity index (χ4n) is 5.16. The van der Waals surface area contributed by atoms with Crippen LogP contribution >= 0.6 is 24.0 Å². The van der Waals surface area contributed by atoms with Crippen LogP contribution in [-0.2, 0) is 23.2 Å². The highest BCUT2D eigenvalue weighted by atomic mass is 35.5. The second-order valence-electron chi connectivity index (χ2n) is 9.79. The normalized spacial score (nSPS) is 20.4. The van der Waals surface area contributed by atoms with Gasteiger partial charge in [0.25, 0.3) is 15.2 Å². The molecule has 0 atom stereocenters. The molecule has 2 aromatic rings. The van der Waals surface area contributed by atoms with Gasteiger partial charge in [0.2, 0.25) is 5.92 Å². The molecule has 0 N–H and O–H groups in total. The number of halogens is 7. The highest BCUT2D eigenvalue weighted by molar-refractivity contribution is 7.88. The molecule has 0 spiro atoms. The molecule has 0 unspecified atom stereocenters. The summed E-state index contributed by atoms with van der Waals surface area (Å²) >= 11 is 5.98. The molecule has 1 aromatic carbocycles. The smallest absolute Gasteiger partial charge is 0.295 e. The largest absolute Gasteiger partial charge is 0.416 e. The van der Waals surface area contributed by atoms with Gasteiger partial charge < -0.3 is 0 Å². The van der Waals surface area contributed by atoms with Gasteiger partial charge in [0.05, 0.1) is 10.6 Å². The number of nitrogens with zero attached hydrogens (tertiary/aromatic N) is 5. The summed E-state index contributed by atoms with van der Waals surface area (Å²) in [5.41, 5.74) is -1.82. The number of hydrogen-bond donors (Lipinski definition) is 0.